The third kappa shape index (κ3) is 2.71. The Kier molecular flexibility index (Phi) is 3.76. The average molecular weight is 183 g/mol. The monoisotopic (exact) mass is 183 g/mol. The van der Waals surface area contributed by atoms with E-state index in [1.54, 1.807) is 0 Å². The molecule has 76 valence electrons. The summed E-state index contributed by atoms with van der Waals surface area (Å²) in [6.07, 6.45) is 4.93. The topological polar surface area (TPSA) is 20.3 Å². The van der Waals surface area contributed by atoms with E-state index in [0.29, 0.717) is 11.9 Å². The Morgan fingerprint density at radius 3 is 2.62 bits per heavy atom. The average Bonchev–Trinajstić information content (AvgIpc) is 2.28. The number of carbonyl (C=O) groups is 1. The van der Waals surface area contributed by atoms with Gasteiger partial charge >= 0.3 is 0 Å². The highest BCUT2D eigenvalue weighted by Crippen LogP contribution is 2.18. The predicted molar refractivity (Wildman–Crippen MR) is 54.5 cm³/mol. The van der Waals surface area contributed by atoms with Crippen molar-refractivity contribution in [3.8, 4) is 0 Å². The van der Waals surface area contributed by atoms with E-state index < -0.39 is 0 Å². The quantitative estimate of drug-likeness (QED) is 0.611. The van der Waals surface area contributed by atoms with Gasteiger partial charge in [0.1, 0.15) is 0 Å². The number of carbonyl (C=O) groups excluding carboxylic acids is 1. The molecule has 2 heteroatoms. The maximum atomic E-state index is 11.8. The van der Waals surface area contributed by atoms with Crippen molar-refractivity contribution in [3.63, 3.8) is 0 Å². The van der Waals surface area contributed by atoms with E-state index in [9.17, 15) is 4.79 Å². The zero-order valence-electron chi connectivity index (χ0n) is 9.05. The first-order valence-corrected chi connectivity index (χ1v) is 5.43. The van der Waals surface area contributed by atoms with E-state index in [-0.39, 0.29) is 5.92 Å². The molecular weight excluding hydrogens is 162 g/mol. The molecule has 0 aromatic carbocycles. The summed E-state index contributed by atoms with van der Waals surface area (Å²) in [5.74, 6) is 0.481. The molecule has 0 aromatic rings. The van der Waals surface area contributed by atoms with Crippen LogP contribution in [0, 0.1) is 5.92 Å². The second kappa shape index (κ2) is 4.64. The number of likely N-dealkylation sites (tertiary alicyclic amines) is 1. The molecule has 0 N–H and O–H groups in total. The second-order valence-corrected chi connectivity index (χ2v) is 4.38. The van der Waals surface area contributed by atoms with Crippen molar-refractivity contribution in [1.29, 1.82) is 0 Å². The highest BCUT2D eigenvalue weighted by atomic mass is 16.2. The molecule has 1 saturated heterocycles. The van der Waals surface area contributed by atoms with Gasteiger partial charge in [0.15, 0.2) is 0 Å². The SMILES string of the molecule is CC(C)C(=O)N1CCCCCC1C. The van der Waals surface area contributed by atoms with Crippen LogP contribution in [0.3, 0.4) is 0 Å². The maximum Gasteiger partial charge on any atom is 0.225 e. The zero-order valence-corrected chi connectivity index (χ0v) is 9.05. The van der Waals surface area contributed by atoms with Gasteiger partial charge in [0.2, 0.25) is 5.91 Å². The fraction of sp³-hybridized carbons (Fsp3) is 0.909. The van der Waals surface area contributed by atoms with Crippen molar-refractivity contribution >= 4 is 5.91 Å². The smallest absolute Gasteiger partial charge is 0.225 e. The summed E-state index contributed by atoms with van der Waals surface area (Å²) in [7, 11) is 0. The van der Waals surface area contributed by atoms with E-state index in [4.69, 9.17) is 0 Å². The van der Waals surface area contributed by atoms with Crippen LogP contribution in [0.15, 0.2) is 0 Å². The summed E-state index contributed by atoms with van der Waals surface area (Å²) in [5.41, 5.74) is 0. The Morgan fingerprint density at radius 2 is 2.00 bits per heavy atom. The van der Waals surface area contributed by atoms with Gasteiger partial charge in [-0.15, -0.1) is 0 Å². The van der Waals surface area contributed by atoms with Gasteiger partial charge < -0.3 is 4.90 Å². The molecule has 0 radical (unpaired) electrons. The van der Waals surface area contributed by atoms with Crippen molar-refractivity contribution in [1.82, 2.24) is 4.90 Å². The lowest BCUT2D eigenvalue weighted by molar-refractivity contribution is -0.136. The van der Waals surface area contributed by atoms with Crippen LogP contribution in [0.5, 0.6) is 0 Å². The van der Waals surface area contributed by atoms with Gasteiger partial charge in [-0.2, -0.15) is 0 Å². The minimum Gasteiger partial charge on any atom is -0.340 e. The molecule has 0 bridgehead atoms. The fourth-order valence-corrected chi connectivity index (χ4v) is 1.93. The molecule has 0 aromatic heterocycles. The summed E-state index contributed by atoms with van der Waals surface area (Å²) >= 11 is 0. The molecule has 1 amide bonds. The molecule has 13 heavy (non-hydrogen) atoms. The van der Waals surface area contributed by atoms with E-state index in [1.165, 1.54) is 25.7 Å². The van der Waals surface area contributed by atoms with Crippen LogP contribution in [-0.4, -0.2) is 23.4 Å². The molecular formula is C11H21NO. The number of amides is 1. The van der Waals surface area contributed by atoms with Crippen molar-refractivity contribution < 1.29 is 4.79 Å². The van der Waals surface area contributed by atoms with E-state index in [1.807, 2.05) is 13.8 Å². The van der Waals surface area contributed by atoms with Gasteiger partial charge in [0, 0.05) is 18.5 Å². The molecule has 0 spiro atoms. The highest BCUT2D eigenvalue weighted by molar-refractivity contribution is 5.78. The number of hydrogen-bond acceptors (Lipinski definition) is 1. The van der Waals surface area contributed by atoms with Gasteiger partial charge in [0.25, 0.3) is 0 Å². The van der Waals surface area contributed by atoms with E-state index in [2.05, 4.69) is 11.8 Å². The Balaban J connectivity index is 2.58. The first kappa shape index (κ1) is 10.6. The number of hydrogen-bond donors (Lipinski definition) is 0. The molecule has 1 unspecified atom stereocenters. The molecule has 1 atom stereocenters. The van der Waals surface area contributed by atoms with Crippen LogP contribution < -0.4 is 0 Å². The Hall–Kier alpha value is -0.530. The van der Waals surface area contributed by atoms with Gasteiger partial charge in [-0.25, -0.2) is 0 Å². The van der Waals surface area contributed by atoms with Gasteiger partial charge in [-0.05, 0) is 19.8 Å². The minimum atomic E-state index is 0.153. The second-order valence-electron chi connectivity index (χ2n) is 4.38. The van der Waals surface area contributed by atoms with Gasteiger partial charge in [-0.3, -0.25) is 4.79 Å². The van der Waals surface area contributed by atoms with Crippen molar-refractivity contribution in [2.75, 3.05) is 6.54 Å². The summed E-state index contributed by atoms with van der Waals surface area (Å²) in [4.78, 5) is 13.9. The lowest BCUT2D eigenvalue weighted by atomic mass is 10.1. The number of nitrogens with zero attached hydrogens (tertiary/aromatic N) is 1. The van der Waals surface area contributed by atoms with Crippen LogP contribution in [0.2, 0.25) is 0 Å². The standard InChI is InChI=1S/C11H21NO/c1-9(2)11(13)12-8-6-4-5-7-10(12)3/h9-10H,4-8H2,1-3H3. The lowest BCUT2D eigenvalue weighted by Gasteiger charge is -2.28. The molecule has 1 heterocycles. The third-order valence-corrected chi connectivity index (χ3v) is 2.83. The summed E-state index contributed by atoms with van der Waals surface area (Å²) in [5, 5.41) is 0. The first-order chi connectivity index (χ1) is 6.13. The van der Waals surface area contributed by atoms with Crippen molar-refractivity contribution in [2.24, 2.45) is 5.92 Å². The van der Waals surface area contributed by atoms with Crippen LogP contribution in [0.1, 0.15) is 46.5 Å². The van der Waals surface area contributed by atoms with Crippen molar-refractivity contribution in [2.45, 2.75) is 52.5 Å². The largest absolute Gasteiger partial charge is 0.340 e. The van der Waals surface area contributed by atoms with Crippen LogP contribution >= 0.6 is 0 Å². The predicted octanol–water partition coefficient (Wildman–Crippen LogP) is 2.43. The Morgan fingerprint density at radius 1 is 1.31 bits per heavy atom. The summed E-state index contributed by atoms with van der Waals surface area (Å²) in [6.45, 7) is 7.11. The molecule has 2 nitrogen and oxygen atoms in total. The molecule has 1 rings (SSSR count). The Labute approximate surface area is 81.3 Å². The fourth-order valence-electron chi connectivity index (χ4n) is 1.93. The maximum absolute atomic E-state index is 11.8. The summed E-state index contributed by atoms with van der Waals surface area (Å²) in [6, 6.07) is 0.456. The zero-order chi connectivity index (χ0) is 9.84. The molecule has 0 aliphatic carbocycles. The van der Waals surface area contributed by atoms with E-state index in [0.717, 1.165) is 6.54 Å². The minimum absolute atomic E-state index is 0.153. The van der Waals surface area contributed by atoms with Gasteiger partial charge in [-0.1, -0.05) is 26.7 Å². The number of rotatable bonds is 1. The van der Waals surface area contributed by atoms with Crippen LogP contribution in [0.4, 0.5) is 0 Å². The third-order valence-electron chi connectivity index (χ3n) is 2.83. The molecule has 1 fully saturated rings. The Bertz CT molecular complexity index is 177. The van der Waals surface area contributed by atoms with Crippen LogP contribution in [-0.2, 0) is 4.79 Å². The van der Waals surface area contributed by atoms with Gasteiger partial charge in [0.05, 0.1) is 0 Å². The van der Waals surface area contributed by atoms with E-state index >= 15 is 0 Å². The lowest BCUT2D eigenvalue weighted by Crippen LogP contribution is -2.40. The normalized spacial score (nSPS) is 24.6. The molecule has 1 aliphatic heterocycles. The summed E-state index contributed by atoms with van der Waals surface area (Å²) < 4.78 is 0. The van der Waals surface area contributed by atoms with Crippen molar-refractivity contribution in [3.05, 3.63) is 0 Å². The first-order valence-electron chi connectivity index (χ1n) is 5.43. The van der Waals surface area contributed by atoms with Crippen LogP contribution in [0.25, 0.3) is 0 Å². The highest BCUT2D eigenvalue weighted by Gasteiger charge is 2.23. The molecule has 1 aliphatic rings. The molecule has 0 saturated carbocycles.